The molecule has 1 heterocycles. The fourth-order valence-corrected chi connectivity index (χ4v) is 3.66. The average Bonchev–Trinajstić information content (AvgIpc) is 2.91. The summed E-state index contributed by atoms with van der Waals surface area (Å²) in [7, 11) is 1.72. The van der Waals surface area contributed by atoms with E-state index < -0.39 is 0 Å². The van der Waals surface area contributed by atoms with Gasteiger partial charge in [-0.25, -0.2) is 4.98 Å². The smallest absolute Gasteiger partial charge is 0.262 e. The highest BCUT2D eigenvalue weighted by atomic mass is 35.5. The maximum Gasteiger partial charge on any atom is 0.262 e. The molecule has 1 aromatic heterocycles. The monoisotopic (exact) mass is 306 g/mol. The van der Waals surface area contributed by atoms with Gasteiger partial charge in [-0.15, -0.1) is 0 Å². The second-order valence-corrected chi connectivity index (χ2v) is 6.36. The topological polar surface area (TPSA) is 44.1 Å². The van der Waals surface area contributed by atoms with Crippen LogP contribution in [0, 0.1) is 5.41 Å². The van der Waals surface area contributed by atoms with Crippen LogP contribution in [0.4, 0.5) is 0 Å². The van der Waals surface area contributed by atoms with Crippen LogP contribution in [0.5, 0.6) is 0 Å². The van der Waals surface area contributed by atoms with E-state index in [0.717, 1.165) is 12.8 Å². The van der Waals surface area contributed by atoms with Gasteiger partial charge in [0.25, 0.3) is 5.56 Å². The molecule has 1 aliphatic rings. The third-order valence-corrected chi connectivity index (χ3v) is 4.74. The summed E-state index contributed by atoms with van der Waals surface area (Å²) in [5.74, 6) is 0. The number of methoxy groups -OCH3 is 1. The Morgan fingerprint density at radius 1 is 1.38 bits per heavy atom. The molecule has 0 N–H and O–H groups in total. The van der Waals surface area contributed by atoms with Crippen molar-refractivity contribution in [2.45, 2.75) is 32.2 Å². The summed E-state index contributed by atoms with van der Waals surface area (Å²) in [5, 5.41) is 0.971. The fourth-order valence-electron chi connectivity index (χ4n) is 3.41. The lowest BCUT2D eigenvalue weighted by molar-refractivity contribution is 0.0689. The Hall–Kier alpha value is -1.39. The standard InChI is InChI=1S/C16H19ClN2O2/c1-21-10-16(7-2-3-8-16)9-19-11-18-13-6-4-5-12(17)14(13)15(19)20/h4-6,11H,2-3,7-10H2,1H3. The van der Waals surface area contributed by atoms with Crippen molar-refractivity contribution in [2.24, 2.45) is 5.41 Å². The molecule has 21 heavy (non-hydrogen) atoms. The van der Waals surface area contributed by atoms with Gasteiger partial charge in [-0.1, -0.05) is 30.5 Å². The van der Waals surface area contributed by atoms with Crippen molar-refractivity contribution in [2.75, 3.05) is 13.7 Å². The van der Waals surface area contributed by atoms with E-state index in [-0.39, 0.29) is 11.0 Å². The highest BCUT2D eigenvalue weighted by Crippen LogP contribution is 2.39. The van der Waals surface area contributed by atoms with Crippen LogP contribution in [0.3, 0.4) is 0 Å². The van der Waals surface area contributed by atoms with Crippen LogP contribution in [0.2, 0.25) is 5.02 Å². The van der Waals surface area contributed by atoms with Gasteiger partial charge in [0.15, 0.2) is 0 Å². The van der Waals surface area contributed by atoms with Crippen LogP contribution in [-0.2, 0) is 11.3 Å². The molecule has 0 bridgehead atoms. The molecule has 0 aliphatic heterocycles. The van der Waals surface area contributed by atoms with Gasteiger partial charge in [0.1, 0.15) is 0 Å². The van der Waals surface area contributed by atoms with E-state index in [0.29, 0.717) is 29.1 Å². The van der Waals surface area contributed by atoms with Crippen LogP contribution < -0.4 is 5.56 Å². The van der Waals surface area contributed by atoms with Crippen molar-refractivity contribution < 1.29 is 4.74 Å². The zero-order valence-corrected chi connectivity index (χ0v) is 12.9. The molecule has 1 fully saturated rings. The average molecular weight is 307 g/mol. The van der Waals surface area contributed by atoms with E-state index in [1.54, 1.807) is 24.1 Å². The lowest BCUT2D eigenvalue weighted by Gasteiger charge is -2.28. The third-order valence-electron chi connectivity index (χ3n) is 4.42. The molecule has 0 spiro atoms. The Kier molecular flexibility index (Phi) is 4.00. The summed E-state index contributed by atoms with van der Waals surface area (Å²) in [5.41, 5.74) is 0.638. The van der Waals surface area contributed by atoms with Crippen LogP contribution in [0.15, 0.2) is 29.3 Å². The van der Waals surface area contributed by atoms with Crippen LogP contribution in [0.1, 0.15) is 25.7 Å². The summed E-state index contributed by atoms with van der Waals surface area (Å²) in [6, 6.07) is 5.36. The normalized spacial score (nSPS) is 17.4. The van der Waals surface area contributed by atoms with Crippen molar-refractivity contribution in [3.05, 3.63) is 39.9 Å². The number of rotatable bonds is 4. The first-order valence-corrected chi connectivity index (χ1v) is 7.66. The lowest BCUT2D eigenvalue weighted by Crippen LogP contribution is -2.34. The summed E-state index contributed by atoms with van der Waals surface area (Å²) in [6.07, 6.45) is 6.21. The number of fused-ring (bicyclic) bond motifs is 1. The molecule has 0 unspecified atom stereocenters. The molecule has 0 saturated heterocycles. The third kappa shape index (κ3) is 2.70. The predicted molar refractivity (Wildman–Crippen MR) is 83.8 cm³/mol. The molecule has 112 valence electrons. The first kappa shape index (κ1) is 14.5. The molecular weight excluding hydrogens is 288 g/mol. The maximum absolute atomic E-state index is 12.7. The summed E-state index contributed by atoms with van der Waals surface area (Å²) in [4.78, 5) is 17.1. The Labute approximate surface area is 128 Å². The van der Waals surface area contributed by atoms with Gasteiger partial charge in [0.2, 0.25) is 0 Å². The zero-order chi connectivity index (χ0) is 14.9. The van der Waals surface area contributed by atoms with Crippen LogP contribution >= 0.6 is 11.6 Å². The highest BCUT2D eigenvalue weighted by Gasteiger charge is 2.34. The molecule has 0 amide bonds. The first-order chi connectivity index (χ1) is 10.2. The number of halogens is 1. The molecular formula is C16H19ClN2O2. The fraction of sp³-hybridized carbons (Fsp3) is 0.500. The van der Waals surface area contributed by atoms with Gasteiger partial charge >= 0.3 is 0 Å². The number of benzene rings is 1. The molecule has 0 radical (unpaired) electrons. The Morgan fingerprint density at radius 2 is 2.14 bits per heavy atom. The Balaban J connectivity index is 2.03. The predicted octanol–water partition coefficient (Wildman–Crippen LogP) is 3.26. The highest BCUT2D eigenvalue weighted by molar-refractivity contribution is 6.35. The van der Waals surface area contributed by atoms with E-state index in [1.165, 1.54) is 12.8 Å². The Morgan fingerprint density at radius 3 is 2.86 bits per heavy atom. The SMILES string of the molecule is COCC1(Cn2cnc3cccc(Cl)c3c2=O)CCCC1. The first-order valence-electron chi connectivity index (χ1n) is 7.28. The van der Waals surface area contributed by atoms with Crippen molar-refractivity contribution in [1.29, 1.82) is 0 Å². The largest absolute Gasteiger partial charge is 0.384 e. The zero-order valence-electron chi connectivity index (χ0n) is 12.1. The van der Waals surface area contributed by atoms with E-state index in [1.807, 2.05) is 12.1 Å². The van der Waals surface area contributed by atoms with Crippen molar-refractivity contribution in [3.63, 3.8) is 0 Å². The van der Waals surface area contributed by atoms with E-state index in [4.69, 9.17) is 16.3 Å². The summed E-state index contributed by atoms with van der Waals surface area (Å²) in [6.45, 7) is 1.33. The van der Waals surface area contributed by atoms with Crippen molar-refractivity contribution in [3.8, 4) is 0 Å². The maximum atomic E-state index is 12.7. The number of aromatic nitrogens is 2. The van der Waals surface area contributed by atoms with E-state index >= 15 is 0 Å². The molecule has 1 aliphatic carbocycles. The van der Waals surface area contributed by atoms with Gasteiger partial charge in [-0.05, 0) is 25.0 Å². The molecule has 1 saturated carbocycles. The van der Waals surface area contributed by atoms with Crippen LogP contribution in [-0.4, -0.2) is 23.3 Å². The number of ether oxygens (including phenoxy) is 1. The minimum atomic E-state index is -0.0621. The van der Waals surface area contributed by atoms with Crippen molar-refractivity contribution in [1.82, 2.24) is 9.55 Å². The quantitative estimate of drug-likeness (QED) is 0.871. The number of hydrogen-bond acceptors (Lipinski definition) is 3. The molecule has 0 atom stereocenters. The van der Waals surface area contributed by atoms with Gasteiger partial charge in [0.05, 0.1) is 28.9 Å². The van der Waals surface area contributed by atoms with Gasteiger partial charge in [-0.2, -0.15) is 0 Å². The second-order valence-electron chi connectivity index (χ2n) is 5.95. The summed E-state index contributed by atoms with van der Waals surface area (Å²) < 4.78 is 7.08. The lowest BCUT2D eigenvalue weighted by atomic mass is 9.87. The van der Waals surface area contributed by atoms with Gasteiger partial charge in [0, 0.05) is 19.1 Å². The number of hydrogen-bond donors (Lipinski definition) is 0. The van der Waals surface area contributed by atoms with Gasteiger partial charge < -0.3 is 4.74 Å². The van der Waals surface area contributed by atoms with Crippen molar-refractivity contribution >= 4 is 22.5 Å². The minimum absolute atomic E-state index is 0.0508. The minimum Gasteiger partial charge on any atom is -0.384 e. The van der Waals surface area contributed by atoms with Crippen LogP contribution in [0.25, 0.3) is 10.9 Å². The van der Waals surface area contributed by atoms with Gasteiger partial charge in [-0.3, -0.25) is 9.36 Å². The number of nitrogens with zero attached hydrogens (tertiary/aromatic N) is 2. The molecule has 2 aromatic rings. The molecule has 5 heteroatoms. The summed E-state index contributed by atoms with van der Waals surface area (Å²) >= 11 is 6.17. The second kappa shape index (κ2) is 5.78. The molecule has 4 nitrogen and oxygen atoms in total. The Bertz CT molecular complexity index is 705. The van der Waals surface area contributed by atoms with E-state index in [2.05, 4.69) is 4.98 Å². The molecule has 1 aromatic carbocycles. The van der Waals surface area contributed by atoms with E-state index in [9.17, 15) is 4.79 Å². The molecule has 3 rings (SSSR count).